The molecular weight excluding hydrogens is 609 g/mol. The van der Waals surface area contributed by atoms with E-state index in [1.807, 2.05) is 29.0 Å². The van der Waals surface area contributed by atoms with Gasteiger partial charge in [-0.15, -0.1) is 0 Å². The summed E-state index contributed by atoms with van der Waals surface area (Å²) in [6.07, 6.45) is -0.332. The van der Waals surface area contributed by atoms with E-state index in [2.05, 4.69) is 38.2 Å². The van der Waals surface area contributed by atoms with Crippen LogP contribution in [-0.2, 0) is 23.0 Å². The average molecular weight is 634 g/mol. The van der Waals surface area contributed by atoms with E-state index in [9.17, 15) is 27.1 Å². The first-order valence-corrected chi connectivity index (χ1v) is 13.7. The minimum Gasteiger partial charge on any atom is -0.428 e. The van der Waals surface area contributed by atoms with Gasteiger partial charge in [0, 0.05) is 22.7 Å². The largest absolute Gasteiger partial charge is 0.428 e. The molecule has 0 spiro atoms. The number of aryl methyl sites for hydroxylation is 1. The summed E-state index contributed by atoms with van der Waals surface area (Å²) in [5.74, 6) is -2.28. The molecule has 0 radical (unpaired) electrons. The highest BCUT2D eigenvalue weighted by Crippen LogP contribution is 2.17. The Bertz CT molecular complexity index is 1320. The number of aromatic nitrogens is 1. The molecule has 13 heteroatoms. The van der Waals surface area contributed by atoms with Gasteiger partial charge in [0.2, 0.25) is 10.0 Å². The zero-order valence-corrected chi connectivity index (χ0v) is 22.4. The van der Waals surface area contributed by atoms with E-state index in [0.717, 1.165) is 33.6 Å². The van der Waals surface area contributed by atoms with Gasteiger partial charge in [-0.2, -0.15) is 4.98 Å². The third-order valence-corrected chi connectivity index (χ3v) is 6.23. The van der Waals surface area contributed by atoms with Gasteiger partial charge in [0.25, 0.3) is 5.91 Å². The van der Waals surface area contributed by atoms with Crippen molar-refractivity contribution in [3.63, 3.8) is 0 Å². The van der Waals surface area contributed by atoms with Crippen LogP contribution < -0.4 is 15.4 Å². The van der Waals surface area contributed by atoms with Gasteiger partial charge in [0.1, 0.15) is 17.4 Å². The van der Waals surface area contributed by atoms with Crippen molar-refractivity contribution < 1.29 is 31.5 Å². The fourth-order valence-electron chi connectivity index (χ4n) is 3.47. The summed E-state index contributed by atoms with van der Waals surface area (Å²) >= 11 is 2.19. The van der Waals surface area contributed by atoms with Crippen LogP contribution in [0.5, 0.6) is 0 Å². The summed E-state index contributed by atoms with van der Waals surface area (Å²) in [7, 11) is -3.69. The van der Waals surface area contributed by atoms with Gasteiger partial charge in [0.05, 0.1) is 18.4 Å². The number of benzene rings is 2. The number of hydrogen-bond acceptors (Lipinski definition) is 7. The molecule has 1 amide bonds. The van der Waals surface area contributed by atoms with Gasteiger partial charge in [-0.3, -0.25) is 4.79 Å². The van der Waals surface area contributed by atoms with E-state index in [4.69, 9.17) is 4.42 Å². The fourth-order valence-corrected chi connectivity index (χ4v) is 4.48. The lowest BCUT2D eigenvalue weighted by atomic mass is 10.00. The van der Waals surface area contributed by atoms with Gasteiger partial charge in [-0.25, -0.2) is 21.9 Å². The minimum absolute atomic E-state index is 0.0421. The molecule has 1 aromatic heterocycles. The van der Waals surface area contributed by atoms with Crippen molar-refractivity contribution in [3.8, 4) is 0 Å². The molecule has 2 aromatic carbocycles. The van der Waals surface area contributed by atoms with Crippen LogP contribution in [0.3, 0.4) is 0 Å². The fraction of sp³-hybridized carbons (Fsp3) is 0.304. The van der Waals surface area contributed by atoms with Crippen LogP contribution in [0.15, 0.2) is 46.9 Å². The second kappa shape index (κ2) is 12.1. The summed E-state index contributed by atoms with van der Waals surface area (Å²) < 4.78 is 58.6. The summed E-state index contributed by atoms with van der Waals surface area (Å²) in [5, 5.41) is 16.6. The van der Waals surface area contributed by atoms with Crippen LogP contribution in [0, 0.1) is 22.1 Å². The van der Waals surface area contributed by atoms with Crippen molar-refractivity contribution in [1.29, 1.82) is 0 Å². The minimum atomic E-state index is -3.69. The molecule has 0 saturated heterocycles. The van der Waals surface area contributed by atoms with Crippen LogP contribution in [0.2, 0.25) is 0 Å². The summed E-state index contributed by atoms with van der Waals surface area (Å²) in [5.41, 5.74) is 1.02. The molecule has 1 heterocycles. The molecule has 36 heavy (non-hydrogen) atoms. The number of aliphatic hydroxyl groups is 1. The molecule has 0 aliphatic rings. The predicted molar refractivity (Wildman–Crippen MR) is 138 cm³/mol. The molecule has 2 atom stereocenters. The first kappa shape index (κ1) is 28.0. The van der Waals surface area contributed by atoms with E-state index >= 15 is 0 Å². The Labute approximate surface area is 220 Å². The average Bonchev–Trinajstić information content (AvgIpc) is 3.10. The molecular formula is C23H25F2IN4O5S. The van der Waals surface area contributed by atoms with E-state index < -0.39 is 39.7 Å². The Morgan fingerprint density at radius 3 is 2.50 bits per heavy atom. The highest BCUT2D eigenvalue weighted by Gasteiger charge is 2.26. The molecule has 0 aliphatic heterocycles. The highest BCUT2D eigenvalue weighted by atomic mass is 127. The third kappa shape index (κ3) is 8.50. The van der Waals surface area contributed by atoms with E-state index in [0.29, 0.717) is 6.54 Å². The first-order chi connectivity index (χ1) is 16.9. The van der Waals surface area contributed by atoms with Crippen LogP contribution in [0.25, 0.3) is 0 Å². The number of sulfonamides is 1. The Morgan fingerprint density at radius 1 is 1.17 bits per heavy atom. The lowest BCUT2D eigenvalue weighted by Crippen LogP contribution is -2.48. The molecule has 0 bridgehead atoms. The number of oxazole rings is 1. The molecule has 0 fully saturated rings. The SMILES string of the molecule is Cc1oc(NS(C)(=O)=O)nc1C(=O)N[C@@H](Cc1cc(F)cc(F)c1)[C@H](O)CNCc1cccc(I)c1. The van der Waals surface area contributed by atoms with Gasteiger partial charge >= 0.3 is 6.01 Å². The lowest BCUT2D eigenvalue weighted by molar-refractivity contribution is 0.0824. The van der Waals surface area contributed by atoms with Crippen molar-refractivity contribution in [2.75, 3.05) is 17.5 Å². The number of carbonyl (C=O) groups is 1. The number of aliphatic hydroxyl groups excluding tert-OH is 1. The highest BCUT2D eigenvalue weighted by molar-refractivity contribution is 14.1. The number of nitrogens with one attached hydrogen (secondary N) is 3. The maximum atomic E-state index is 13.7. The molecule has 9 nitrogen and oxygen atoms in total. The topological polar surface area (TPSA) is 134 Å². The van der Waals surface area contributed by atoms with Crippen molar-refractivity contribution in [1.82, 2.24) is 15.6 Å². The molecule has 3 rings (SSSR count). The Hall–Kier alpha value is -2.62. The Balaban J connectivity index is 1.76. The van der Waals surface area contributed by atoms with Gasteiger partial charge in [-0.05, 0) is 71.3 Å². The van der Waals surface area contributed by atoms with Gasteiger partial charge < -0.3 is 20.2 Å². The van der Waals surface area contributed by atoms with Crippen LogP contribution in [0.1, 0.15) is 27.4 Å². The van der Waals surface area contributed by atoms with Crippen molar-refractivity contribution >= 4 is 44.5 Å². The predicted octanol–water partition coefficient (Wildman–Crippen LogP) is 2.73. The standard InChI is InChI=1S/C23H25F2IN4O5S/c1-13-21(29-23(35-13)30-36(2,33)34)22(32)28-19(9-15-6-16(24)10-17(25)7-15)20(31)12-27-11-14-4-3-5-18(26)8-14/h3-8,10,19-20,27,31H,9,11-12H2,1-2H3,(H,28,32)(H,29,30)/t19-,20+/m0/s1. The maximum absolute atomic E-state index is 13.7. The summed E-state index contributed by atoms with van der Waals surface area (Å²) in [6, 6.07) is 9.36. The summed E-state index contributed by atoms with van der Waals surface area (Å²) in [4.78, 5) is 16.8. The van der Waals surface area contributed by atoms with E-state index in [1.54, 1.807) is 0 Å². The number of nitrogens with zero attached hydrogens (tertiary/aromatic N) is 1. The lowest BCUT2D eigenvalue weighted by Gasteiger charge is -2.24. The van der Waals surface area contributed by atoms with Crippen LogP contribution in [-0.4, -0.2) is 49.4 Å². The Morgan fingerprint density at radius 2 is 1.86 bits per heavy atom. The smallest absolute Gasteiger partial charge is 0.309 e. The van der Waals surface area contributed by atoms with Gasteiger partial charge in [0.15, 0.2) is 5.69 Å². The quantitative estimate of drug-likeness (QED) is 0.239. The number of anilines is 1. The third-order valence-electron chi connectivity index (χ3n) is 5.01. The normalized spacial score (nSPS) is 13.3. The molecule has 4 N–H and O–H groups in total. The van der Waals surface area contributed by atoms with Crippen LogP contribution >= 0.6 is 22.6 Å². The van der Waals surface area contributed by atoms with Crippen LogP contribution in [0.4, 0.5) is 14.8 Å². The number of amides is 1. The number of rotatable bonds is 11. The van der Waals surface area contributed by atoms with E-state index in [1.165, 1.54) is 6.92 Å². The first-order valence-electron chi connectivity index (χ1n) is 10.7. The van der Waals surface area contributed by atoms with E-state index in [-0.39, 0.29) is 36.0 Å². The van der Waals surface area contributed by atoms with Crippen molar-refractivity contribution in [2.45, 2.75) is 32.0 Å². The zero-order chi connectivity index (χ0) is 26.5. The monoisotopic (exact) mass is 634 g/mol. The van der Waals surface area contributed by atoms with Crippen molar-refractivity contribution in [3.05, 3.63) is 80.3 Å². The zero-order valence-electron chi connectivity index (χ0n) is 19.4. The molecule has 0 unspecified atom stereocenters. The second-order valence-electron chi connectivity index (χ2n) is 8.19. The summed E-state index contributed by atoms with van der Waals surface area (Å²) in [6.45, 7) is 1.94. The number of halogens is 3. The van der Waals surface area contributed by atoms with Gasteiger partial charge in [-0.1, -0.05) is 12.1 Å². The molecule has 194 valence electrons. The molecule has 0 saturated carbocycles. The Kier molecular flexibility index (Phi) is 9.38. The number of carbonyl (C=O) groups excluding carboxylic acids is 1. The van der Waals surface area contributed by atoms with Crippen molar-refractivity contribution in [2.24, 2.45) is 0 Å². The molecule has 3 aromatic rings. The molecule has 0 aliphatic carbocycles. The second-order valence-corrected chi connectivity index (χ2v) is 11.2. The maximum Gasteiger partial charge on any atom is 0.309 e. The number of hydrogen-bond donors (Lipinski definition) is 4.